The summed E-state index contributed by atoms with van der Waals surface area (Å²) in [5, 5.41) is 3.38. The fourth-order valence-corrected chi connectivity index (χ4v) is 4.56. The molecule has 18 heavy (non-hydrogen) atoms. The zero-order chi connectivity index (χ0) is 12.8. The van der Waals surface area contributed by atoms with Crippen molar-refractivity contribution in [3.05, 3.63) is 29.8 Å². The second-order valence-corrected chi connectivity index (χ2v) is 7.19. The fourth-order valence-electron chi connectivity index (χ4n) is 2.93. The van der Waals surface area contributed by atoms with Crippen LogP contribution >= 0.6 is 0 Å². The molecule has 2 heterocycles. The topological polar surface area (TPSA) is 49.4 Å². The van der Waals surface area contributed by atoms with Crippen LogP contribution < -0.4 is 5.32 Å². The van der Waals surface area contributed by atoms with Crippen LogP contribution in [0, 0.1) is 12.8 Å². The van der Waals surface area contributed by atoms with Crippen LogP contribution in [0.2, 0.25) is 0 Å². The third-order valence-electron chi connectivity index (χ3n) is 3.96. The molecular weight excluding hydrogens is 248 g/mol. The van der Waals surface area contributed by atoms with Gasteiger partial charge in [-0.2, -0.15) is 4.31 Å². The van der Waals surface area contributed by atoms with E-state index in [1.165, 1.54) is 0 Å². The average molecular weight is 266 g/mol. The van der Waals surface area contributed by atoms with Crippen molar-refractivity contribution in [3.63, 3.8) is 0 Å². The molecule has 98 valence electrons. The number of fused-ring (bicyclic) bond motifs is 1. The first-order valence-electron chi connectivity index (χ1n) is 6.37. The summed E-state index contributed by atoms with van der Waals surface area (Å²) < 4.78 is 26.7. The minimum Gasteiger partial charge on any atom is -0.312 e. The molecular formula is C13H18N2O2S. The van der Waals surface area contributed by atoms with E-state index in [0.29, 0.717) is 29.9 Å². The molecule has 1 aromatic rings. The Balaban J connectivity index is 1.87. The molecule has 0 amide bonds. The predicted molar refractivity (Wildman–Crippen MR) is 69.8 cm³/mol. The van der Waals surface area contributed by atoms with Gasteiger partial charge in [0.15, 0.2) is 0 Å². The number of hydrogen-bond acceptors (Lipinski definition) is 3. The molecule has 1 aromatic carbocycles. The Kier molecular flexibility index (Phi) is 2.92. The molecule has 2 fully saturated rings. The molecule has 0 bridgehead atoms. The van der Waals surface area contributed by atoms with Crippen molar-refractivity contribution in [3.8, 4) is 0 Å². The van der Waals surface area contributed by atoms with E-state index in [1.54, 1.807) is 22.5 Å². The van der Waals surface area contributed by atoms with Crippen LogP contribution in [0.1, 0.15) is 12.0 Å². The van der Waals surface area contributed by atoms with Crippen molar-refractivity contribution >= 4 is 10.0 Å². The summed E-state index contributed by atoms with van der Waals surface area (Å²) in [4.78, 5) is 0.419. The summed E-state index contributed by atoms with van der Waals surface area (Å²) >= 11 is 0. The molecule has 0 saturated carbocycles. The molecule has 1 N–H and O–H groups in total. The smallest absolute Gasteiger partial charge is 0.243 e. The number of nitrogens with one attached hydrogen (secondary N) is 1. The summed E-state index contributed by atoms with van der Waals surface area (Å²) in [6.45, 7) is 4.21. The number of sulfonamides is 1. The Labute approximate surface area is 108 Å². The van der Waals surface area contributed by atoms with Gasteiger partial charge >= 0.3 is 0 Å². The van der Waals surface area contributed by atoms with E-state index >= 15 is 0 Å². The van der Waals surface area contributed by atoms with Gasteiger partial charge in [0.05, 0.1) is 4.90 Å². The third kappa shape index (κ3) is 1.96. The van der Waals surface area contributed by atoms with Gasteiger partial charge in [-0.3, -0.25) is 0 Å². The van der Waals surface area contributed by atoms with Gasteiger partial charge in [0, 0.05) is 19.1 Å². The highest BCUT2D eigenvalue weighted by Crippen LogP contribution is 2.29. The molecule has 0 aliphatic carbocycles. The first-order valence-corrected chi connectivity index (χ1v) is 7.81. The van der Waals surface area contributed by atoms with Gasteiger partial charge in [-0.15, -0.1) is 0 Å². The lowest BCUT2D eigenvalue weighted by Gasteiger charge is -2.17. The normalized spacial score (nSPS) is 28.5. The van der Waals surface area contributed by atoms with Crippen LogP contribution in [-0.4, -0.2) is 38.4 Å². The number of nitrogens with zero attached hydrogens (tertiary/aromatic N) is 1. The monoisotopic (exact) mass is 266 g/mol. The predicted octanol–water partition coefficient (Wildman–Crippen LogP) is 0.977. The first kappa shape index (κ1) is 12.1. The van der Waals surface area contributed by atoms with Gasteiger partial charge in [-0.1, -0.05) is 12.1 Å². The average Bonchev–Trinajstić information content (AvgIpc) is 2.89. The van der Waals surface area contributed by atoms with Gasteiger partial charge in [0.1, 0.15) is 0 Å². The van der Waals surface area contributed by atoms with Crippen molar-refractivity contribution in [1.29, 1.82) is 0 Å². The molecule has 4 nitrogen and oxygen atoms in total. The van der Waals surface area contributed by atoms with Crippen molar-refractivity contribution in [2.24, 2.45) is 5.92 Å². The Hall–Kier alpha value is -0.910. The number of aryl methyl sites for hydroxylation is 1. The van der Waals surface area contributed by atoms with E-state index in [4.69, 9.17) is 0 Å². The minimum atomic E-state index is -3.31. The van der Waals surface area contributed by atoms with Crippen molar-refractivity contribution in [2.45, 2.75) is 24.3 Å². The van der Waals surface area contributed by atoms with Gasteiger partial charge in [0.25, 0.3) is 0 Å². The Morgan fingerprint density at radius 1 is 1.33 bits per heavy atom. The van der Waals surface area contributed by atoms with E-state index in [0.717, 1.165) is 18.5 Å². The highest BCUT2D eigenvalue weighted by molar-refractivity contribution is 7.89. The summed E-state index contributed by atoms with van der Waals surface area (Å²) in [5.74, 6) is 0.490. The molecule has 2 aliphatic rings. The van der Waals surface area contributed by atoms with Crippen molar-refractivity contribution in [2.75, 3.05) is 19.6 Å². The maximum atomic E-state index is 12.5. The maximum absolute atomic E-state index is 12.5. The SMILES string of the molecule is Cc1cccc(S(=O)(=O)N2CC3CCNC3C2)c1. The van der Waals surface area contributed by atoms with Gasteiger partial charge in [-0.05, 0) is 43.5 Å². The van der Waals surface area contributed by atoms with Crippen molar-refractivity contribution < 1.29 is 8.42 Å². The highest BCUT2D eigenvalue weighted by Gasteiger charge is 2.41. The second-order valence-electron chi connectivity index (χ2n) is 5.25. The Morgan fingerprint density at radius 3 is 2.89 bits per heavy atom. The van der Waals surface area contributed by atoms with Gasteiger partial charge in [-0.25, -0.2) is 8.42 Å². The zero-order valence-electron chi connectivity index (χ0n) is 10.5. The standard InChI is InChI=1S/C13H18N2O2S/c1-10-3-2-4-12(7-10)18(16,17)15-8-11-5-6-14-13(11)9-15/h2-4,7,11,13-14H,5-6,8-9H2,1H3. The molecule has 3 rings (SSSR count). The number of rotatable bonds is 2. The summed E-state index contributed by atoms with van der Waals surface area (Å²) in [6, 6.07) is 7.50. The molecule has 0 radical (unpaired) electrons. The van der Waals surface area contributed by atoms with Crippen LogP contribution in [0.4, 0.5) is 0 Å². The van der Waals surface area contributed by atoms with Crippen LogP contribution in [-0.2, 0) is 10.0 Å². The summed E-state index contributed by atoms with van der Waals surface area (Å²) in [6.07, 6.45) is 1.09. The summed E-state index contributed by atoms with van der Waals surface area (Å²) in [5.41, 5.74) is 0.980. The molecule has 2 atom stereocenters. The zero-order valence-corrected chi connectivity index (χ0v) is 11.3. The van der Waals surface area contributed by atoms with Crippen LogP contribution in [0.5, 0.6) is 0 Å². The fraction of sp³-hybridized carbons (Fsp3) is 0.538. The maximum Gasteiger partial charge on any atom is 0.243 e. The lowest BCUT2D eigenvalue weighted by molar-refractivity contribution is 0.448. The molecule has 2 aliphatic heterocycles. The molecule has 5 heteroatoms. The minimum absolute atomic E-state index is 0.351. The molecule has 2 saturated heterocycles. The Bertz CT molecular complexity index is 544. The molecule has 2 unspecified atom stereocenters. The number of hydrogen-bond donors (Lipinski definition) is 1. The lowest BCUT2D eigenvalue weighted by Crippen LogP contribution is -2.34. The van der Waals surface area contributed by atoms with E-state index in [9.17, 15) is 8.42 Å². The second kappa shape index (κ2) is 4.33. The Morgan fingerprint density at radius 2 is 2.17 bits per heavy atom. The van der Waals surface area contributed by atoms with Gasteiger partial charge in [0.2, 0.25) is 10.0 Å². The highest BCUT2D eigenvalue weighted by atomic mass is 32.2. The van der Waals surface area contributed by atoms with Crippen molar-refractivity contribution in [1.82, 2.24) is 9.62 Å². The molecule has 0 aromatic heterocycles. The summed E-state index contributed by atoms with van der Waals surface area (Å²) in [7, 11) is -3.31. The van der Waals surface area contributed by atoms with E-state index in [1.807, 2.05) is 13.0 Å². The van der Waals surface area contributed by atoms with Crippen LogP contribution in [0.3, 0.4) is 0 Å². The largest absolute Gasteiger partial charge is 0.312 e. The molecule has 0 spiro atoms. The quantitative estimate of drug-likeness (QED) is 0.868. The first-order chi connectivity index (χ1) is 8.57. The van der Waals surface area contributed by atoms with E-state index < -0.39 is 10.0 Å². The van der Waals surface area contributed by atoms with Crippen LogP contribution in [0.25, 0.3) is 0 Å². The number of benzene rings is 1. The van der Waals surface area contributed by atoms with Gasteiger partial charge < -0.3 is 5.32 Å². The van der Waals surface area contributed by atoms with Crippen LogP contribution in [0.15, 0.2) is 29.2 Å². The van der Waals surface area contributed by atoms with E-state index in [2.05, 4.69) is 5.32 Å². The third-order valence-corrected chi connectivity index (χ3v) is 5.78. The lowest BCUT2D eigenvalue weighted by atomic mass is 10.1. The van der Waals surface area contributed by atoms with E-state index in [-0.39, 0.29) is 0 Å².